The number of amides is 4. The van der Waals surface area contributed by atoms with Crippen LogP contribution in [0.4, 0.5) is 10.5 Å². The predicted octanol–water partition coefficient (Wildman–Crippen LogP) is 2.68. The van der Waals surface area contributed by atoms with Gasteiger partial charge in [-0.25, -0.2) is 4.79 Å². The van der Waals surface area contributed by atoms with Gasteiger partial charge in [-0.3, -0.25) is 19.3 Å². The molecule has 1 unspecified atom stereocenters. The molecule has 9 nitrogen and oxygen atoms in total. The van der Waals surface area contributed by atoms with E-state index in [4.69, 9.17) is 21.6 Å². The van der Waals surface area contributed by atoms with Gasteiger partial charge >= 0.3 is 12.0 Å². The number of hydrogen-bond donors (Lipinski definition) is 1. The van der Waals surface area contributed by atoms with Gasteiger partial charge in [-0.05, 0) is 38.0 Å². The highest BCUT2D eigenvalue weighted by Crippen LogP contribution is 2.39. The first-order valence-electron chi connectivity index (χ1n) is 9.99. The van der Waals surface area contributed by atoms with Gasteiger partial charge in [-0.2, -0.15) is 5.26 Å². The summed E-state index contributed by atoms with van der Waals surface area (Å²) in [5.74, 6) is -1.86. The first-order valence-corrected chi connectivity index (χ1v) is 10.4. The first-order chi connectivity index (χ1) is 14.7. The van der Waals surface area contributed by atoms with Crippen LogP contribution in [0, 0.1) is 11.3 Å². The van der Waals surface area contributed by atoms with Gasteiger partial charge in [0.1, 0.15) is 18.2 Å². The number of nitrogens with zero attached hydrogens (tertiary/aromatic N) is 3. The van der Waals surface area contributed by atoms with Crippen molar-refractivity contribution in [1.29, 1.82) is 5.26 Å². The van der Waals surface area contributed by atoms with Crippen LogP contribution < -0.4 is 5.32 Å². The Kier molecular flexibility index (Phi) is 6.51. The number of nitriles is 1. The lowest BCUT2D eigenvalue weighted by Crippen LogP contribution is -2.49. The van der Waals surface area contributed by atoms with Gasteiger partial charge in [0.05, 0.1) is 10.6 Å². The van der Waals surface area contributed by atoms with Crippen LogP contribution in [0.15, 0.2) is 18.2 Å². The zero-order chi connectivity index (χ0) is 22.8. The third-order valence-electron chi connectivity index (χ3n) is 5.81. The molecule has 1 saturated carbocycles. The van der Waals surface area contributed by atoms with Crippen molar-refractivity contribution in [2.45, 2.75) is 50.7 Å². The van der Waals surface area contributed by atoms with Crippen LogP contribution in [0.2, 0.25) is 5.02 Å². The number of benzene rings is 1. The zero-order valence-electron chi connectivity index (χ0n) is 17.3. The molecule has 1 aliphatic heterocycles. The Morgan fingerprint density at radius 1 is 1.29 bits per heavy atom. The molecule has 3 rings (SSSR count). The van der Waals surface area contributed by atoms with Gasteiger partial charge < -0.3 is 15.0 Å². The fourth-order valence-electron chi connectivity index (χ4n) is 4.02. The summed E-state index contributed by atoms with van der Waals surface area (Å²) >= 11 is 5.94. The molecule has 0 aromatic heterocycles. The topological polar surface area (TPSA) is 120 Å². The molecule has 1 N–H and O–H groups in total. The Balaban J connectivity index is 1.59. The van der Waals surface area contributed by atoms with E-state index in [1.54, 1.807) is 7.05 Å². The lowest BCUT2D eigenvalue weighted by Gasteiger charge is -2.35. The van der Waals surface area contributed by atoms with E-state index in [2.05, 4.69) is 5.32 Å². The maximum atomic E-state index is 12.9. The lowest BCUT2D eigenvalue weighted by molar-refractivity contribution is -0.155. The molecule has 1 atom stereocenters. The summed E-state index contributed by atoms with van der Waals surface area (Å²) in [4.78, 5) is 52.5. The van der Waals surface area contributed by atoms with Crippen molar-refractivity contribution in [3.05, 3.63) is 28.8 Å². The third-order valence-corrected chi connectivity index (χ3v) is 6.12. The van der Waals surface area contributed by atoms with Gasteiger partial charge in [0, 0.05) is 12.7 Å². The number of likely N-dealkylation sites (N-methyl/N-ethyl adjacent to an activating group) is 1. The molecule has 164 valence electrons. The monoisotopic (exact) mass is 446 g/mol. The number of esters is 1. The molecule has 0 bridgehead atoms. The van der Waals surface area contributed by atoms with Crippen molar-refractivity contribution in [1.82, 2.24) is 9.80 Å². The Labute approximate surface area is 184 Å². The van der Waals surface area contributed by atoms with Gasteiger partial charge in [0.25, 0.3) is 11.8 Å². The van der Waals surface area contributed by atoms with Crippen molar-refractivity contribution in [2.24, 2.45) is 0 Å². The number of carbonyl (C=O) groups excluding carboxylic acids is 4. The van der Waals surface area contributed by atoms with Gasteiger partial charge in [0.2, 0.25) is 0 Å². The number of carbonyl (C=O) groups is 4. The van der Waals surface area contributed by atoms with Crippen LogP contribution in [-0.2, 0) is 19.1 Å². The van der Waals surface area contributed by atoms with Crippen molar-refractivity contribution >= 4 is 41.1 Å². The van der Waals surface area contributed by atoms with E-state index in [1.807, 2.05) is 6.07 Å². The number of nitrogens with one attached hydrogen (secondary N) is 1. The molecule has 1 aliphatic carbocycles. The maximum Gasteiger partial charge on any atom is 0.327 e. The van der Waals surface area contributed by atoms with E-state index in [-0.39, 0.29) is 16.5 Å². The number of imide groups is 1. The molecular formula is C21H23ClN4O5. The highest BCUT2D eigenvalue weighted by Gasteiger charge is 2.56. The Bertz CT molecular complexity index is 967. The predicted molar refractivity (Wildman–Crippen MR) is 111 cm³/mol. The second kappa shape index (κ2) is 8.94. The highest BCUT2D eigenvalue weighted by atomic mass is 35.5. The van der Waals surface area contributed by atoms with Crippen LogP contribution in [0.25, 0.3) is 0 Å². The molecule has 31 heavy (non-hydrogen) atoms. The quantitative estimate of drug-likeness (QED) is 0.548. The normalized spacial score (nSPS) is 18.6. The minimum absolute atomic E-state index is 0.178. The lowest BCUT2D eigenvalue weighted by atomic mass is 9.81. The summed E-state index contributed by atoms with van der Waals surface area (Å²) < 4.78 is 5.13. The molecule has 1 spiro atoms. The molecule has 1 aromatic rings. The number of halogens is 1. The molecule has 1 heterocycles. The highest BCUT2D eigenvalue weighted by molar-refractivity contribution is 6.32. The Hall–Kier alpha value is -3.12. The zero-order valence-corrected chi connectivity index (χ0v) is 18.1. The molecule has 2 fully saturated rings. The minimum atomic E-state index is -1.17. The Morgan fingerprint density at radius 3 is 2.58 bits per heavy atom. The number of rotatable bonds is 5. The second-order valence-corrected chi connectivity index (χ2v) is 8.16. The van der Waals surface area contributed by atoms with Crippen LogP contribution in [0.3, 0.4) is 0 Å². The summed E-state index contributed by atoms with van der Waals surface area (Å²) in [7, 11) is 1.58. The van der Waals surface area contributed by atoms with Crippen molar-refractivity contribution in [2.75, 3.05) is 18.9 Å². The Morgan fingerprint density at radius 2 is 1.97 bits per heavy atom. The summed E-state index contributed by atoms with van der Waals surface area (Å²) in [5, 5.41) is 11.6. The van der Waals surface area contributed by atoms with Gasteiger partial charge in [-0.15, -0.1) is 0 Å². The molecule has 1 saturated heterocycles. The summed E-state index contributed by atoms with van der Waals surface area (Å²) in [5.41, 5.74) is -0.282. The number of urea groups is 1. The molecule has 4 amide bonds. The van der Waals surface area contributed by atoms with E-state index >= 15 is 0 Å². The van der Waals surface area contributed by atoms with E-state index < -0.39 is 36.1 Å². The van der Waals surface area contributed by atoms with Crippen LogP contribution >= 0.6 is 11.6 Å². The number of anilines is 1. The molecule has 10 heteroatoms. The summed E-state index contributed by atoms with van der Waals surface area (Å²) in [6, 6.07) is 5.74. The maximum absolute atomic E-state index is 12.9. The second-order valence-electron chi connectivity index (χ2n) is 7.75. The first kappa shape index (κ1) is 22.6. The van der Waals surface area contributed by atoms with Crippen molar-refractivity contribution in [3.8, 4) is 6.07 Å². The minimum Gasteiger partial charge on any atom is -0.451 e. The van der Waals surface area contributed by atoms with Crippen LogP contribution in [-0.4, -0.2) is 58.8 Å². The molecule has 2 aliphatic rings. The number of hydrogen-bond acceptors (Lipinski definition) is 6. The third kappa shape index (κ3) is 4.35. The number of ether oxygens (including phenoxy) is 1. The van der Waals surface area contributed by atoms with Crippen LogP contribution in [0.5, 0.6) is 0 Å². The average molecular weight is 447 g/mol. The standard InChI is InChI=1S/C21H23ClN4O5/c1-13(18(28)24-15-7-6-14(11-23)16(22)10-15)31-17(27)12-26-19(29)21(25(2)20(26)30)8-4-3-5-9-21/h6-7,10,13H,3-5,8-9,12H2,1-2H3,(H,24,28). The van der Waals surface area contributed by atoms with Gasteiger partial charge in [-0.1, -0.05) is 30.9 Å². The largest absolute Gasteiger partial charge is 0.451 e. The van der Waals surface area contributed by atoms with E-state index in [9.17, 15) is 19.2 Å². The SMILES string of the molecule is CC(OC(=O)CN1C(=O)N(C)C2(CCCCC2)C1=O)C(=O)Nc1ccc(C#N)c(Cl)c1. The fraction of sp³-hybridized carbons (Fsp3) is 0.476. The van der Waals surface area contributed by atoms with E-state index in [0.717, 1.165) is 24.2 Å². The summed E-state index contributed by atoms with van der Waals surface area (Å²) in [6.07, 6.45) is 2.68. The van der Waals surface area contributed by atoms with Gasteiger partial charge in [0.15, 0.2) is 6.10 Å². The average Bonchev–Trinajstić information content (AvgIpc) is 2.90. The molecular weight excluding hydrogens is 424 g/mol. The van der Waals surface area contributed by atoms with E-state index in [1.165, 1.54) is 30.0 Å². The summed E-state index contributed by atoms with van der Waals surface area (Å²) in [6.45, 7) is 0.824. The molecule has 0 radical (unpaired) electrons. The molecule has 1 aromatic carbocycles. The van der Waals surface area contributed by atoms with Crippen molar-refractivity contribution in [3.63, 3.8) is 0 Å². The smallest absolute Gasteiger partial charge is 0.327 e. The van der Waals surface area contributed by atoms with Crippen LogP contribution in [0.1, 0.15) is 44.6 Å². The van der Waals surface area contributed by atoms with Crippen molar-refractivity contribution < 1.29 is 23.9 Å². The fourth-order valence-corrected chi connectivity index (χ4v) is 4.24. The van der Waals surface area contributed by atoms with E-state index in [0.29, 0.717) is 18.5 Å².